The Balaban J connectivity index is 2.24. The molecule has 0 fully saturated rings. The van der Waals surface area contributed by atoms with Crippen LogP contribution in [0.3, 0.4) is 0 Å². The molecular weight excluding hydrogens is 276 g/mol. The van der Waals surface area contributed by atoms with Gasteiger partial charge in [-0.25, -0.2) is 0 Å². The minimum Gasteiger partial charge on any atom is -0.364 e. The second kappa shape index (κ2) is 7.10. The van der Waals surface area contributed by atoms with E-state index in [1.165, 1.54) is 21.7 Å². The summed E-state index contributed by atoms with van der Waals surface area (Å²) in [5, 5.41) is 2.15. The number of nitrogens with zero attached hydrogens (tertiary/aromatic N) is 1. The standard InChI is InChI=1S/C18H26N2S/c1-13(2)20(12-17-6-5-9-21-17)18-8-7-16(10-14(18)3)11-15(4)19/h5-10,13,15H,11-12,19H2,1-4H3. The second-order valence-electron chi connectivity index (χ2n) is 6.10. The third kappa shape index (κ3) is 4.32. The van der Waals surface area contributed by atoms with Gasteiger partial charge in [-0.1, -0.05) is 18.2 Å². The third-order valence-electron chi connectivity index (χ3n) is 3.66. The maximum Gasteiger partial charge on any atom is 0.0525 e. The minimum absolute atomic E-state index is 0.211. The summed E-state index contributed by atoms with van der Waals surface area (Å²) in [6.45, 7) is 9.74. The molecule has 1 unspecified atom stereocenters. The Kier molecular flexibility index (Phi) is 5.43. The van der Waals surface area contributed by atoms with E-state index in [1.54, 1.807) is 0 Å². The Morgan fingerprint density at radius 1 is 1.19 bits per heavy atom. The van der Waals surface area contributed by atoms with E-state index in [-0.39, 0.29) is 6.04 Å². The fraction of sp³-hybridized carbons (Fsp3) is 0.444. The maximum absolute atomic E-state index is 5.90. The van der Waals surface area contributed by atoms with Crippen molar-refractivity contribution in [3.05, 3.63) is 51.7 Å². The molecule has 1 atom stereocenters. The molecule has 2 rings (SSSR count). The maximum atomic E-state index is 5.90. The van der Waals surface area contributed by atoms with Crippen molar-refractivity contribution in [1.82, 2.24) is 0 Å². The van der Waals surface area contributed by atoms with Crippen LogP contribution in [0.1, 0.15) is 36.8 Å². The van der Waals surface area contributed by atoms with Crippen molar-refractivity contribution in [3.8, 4) is 0 Å². The van der Waals surface area contributed by atoms with E-state index in [2.05, 4.69) is 68.3 Å². The molecule has 0 radical (unpaired) electrons. The summed E-state index contributed by atoms with van der Waals surface area (Å²) in [4.78, 5) is 3.87. The summed E-state index contributed by atoms with van der Waals surface area (Å²) < 4.78 is 0. The molecule has 0 aliphatic rings. The summed E-state index contributed by atoms with van der Waals surface area (Å²) in [5.74, 6) is 0. The molecule has 0 aliphatic carbocycles. The van der Waals surface area contributed by atoms with Gasteiger partial charge in [-0.05, 0) is 62.8 Å². The molecule has 1 aromatic carbocycles. The highest BCUT2D eigenvalue weighted by Gasteiger charge is 2.14. The van der Waals surface area contributed by atoms with Crippen molar-refractivity contribution in [2.75, 3.05) is 4.90 Å². The van der Waals surface area contributed by atoms with Crippen molar-refractivity contribution < 1.29 is 0 Å². The van der Waals surface area contributed by atoms with Gasteiger partial charge in [-0.2, -0.15) is 0 Å². The van der Waals surface area contributed by atoms with Crippen molar-refractivity contribution >= 4 is 17.0 Å². The van der Waals surface area contributed by atoms with Crippen LogP contribution < -0.4 is 10.6 Å². The predicted molar refractivity (Wildman–Crippen MR) is 94.2 cm³/mol. The predicted octanol–water partition coefficient (Wildman–Crippen LogP) is 4.36. The van der Waals surface area contributed by atoms with Crippen LogP contribution in [0.25, 0.3) is 0 Å². The first-order valence-corrected chi connectivity index (χ1v) is 8.49. The number of aryl methyl sites for hydroxylation is 1. The van der Waals surface area contributed by atoms with Crippen molar-refractivity contribution in [2.45, 2.75) is 52.7 Å². The monoisotopic (exact) mass is 302 g/mol. The average molecular weight is 302 g/mol. The van der Waals surface area contributed by atoms with Crippen LogP contribution in [0.15, 0.2) is 35.7 Å². The van der Waals surface area contributed by atoms with Gasteiger partial charge in [0.2, 0.25) is 0 Å². The molecule has 2 aromatic rings. The zero-order valence-electron chi connectivity index (χ0n) is 13.5. The fourth-order valence-corrected chi connectivity index (χ4v) is 3.36. The lowest BCUT2D eigenvalue weighted by Gasteiger charge is -2.30. The van der Waals surface area contributed by atoms with E-state index < -0.39 is 0 Å². The second-order valence-corrected chi connectivity index (χ2v) is 7.14. The zero-order chi connectivity index (χ0) is 15.4. The Hall–Kier alpha value is -1.32. The Morgan fingerprint density at radius 3 is 2.48 bits per heavy atom. The number of benzene rings is 1. The molecular formula is C18H26N2S. The highest BCUT2D eigenvalue weighted by atomic mass is 32.1. The molecule has 0 amide bonds. The zero-order valence-corrected chi connectivity index (χ0v) is 14.3. The molecule has 0 aliphatic heterocycles. The van der Waals surface area contributed by atoms with Gasteiger partial charge in [-0.3, -0.25) is 0 Å². The number of nitrogens with two attached hydrogens (primary N) is 1. The Morgan fingerprint density at radius 2 is 1.95 bits per heavy atom. The Labute approximate surface area is 132 Å². The first kappa shape index (κ1) is 16.1. The molecule has 21 heavy (non-hydrogen) atoms. The SMILES string of the molecule is Cc1cc(CC(C)N)ccc1N(Cc1cccs1)C(C)C. The number of anilines is 1. The van der Waals surface area contributed by atoms with Gasteiger partial charge >= 0.3 is 0 Å². The molecule has 3 heteroatoms. The summed E-state index contributed by atoms with van der Waals surface area (Å²) in [6, 6.07) is 11.8. The van der Waals surface area contributed by atoms with Gasteiger partial charge in [-0.15, -0.1) is 11.3 Å². The van der Waals surface area contributed by atoms with Gasteiger partial charge in [0.15, 0.2) is 0 Å². The topological polar surface area (TPSA) is 29.3 Å². The molecule has 0 bridgehead atoms. The van der Waals surface area contributed by atoms with Gasteiger partial charge in [0, 0.05) is 22.6 Å². The van der Waals surface area contributed by atoms with Crippen molar-refractivity contribution in [2.24, 2.45) is 5.73 Å². The van der Waals surface area contributed by atoms with Crippen LogP contribution in [-0.4, -0.2) is 12.1 Å². The number of thiophene rings is 1. The van der Waals surface area contributed by atoms with E-state index in [0.29, 0.717) is 6.04 Å². The number of rotatable bonds is 6. The van der Waals surface area contributed by atoms with Gasteiger partial charge in [0.1, 0.15) is 0 Å². The van der Waals surface area contributed by atoms with Crippen LogP contribution in [0.2, 0.25) is 0 Å². The Bertz CT molecular complexity index is 559. The van der Waals surface area contributed by atoms with E-state index in [9.17, 15) is 0 Å². The van der Waals surface area contributed by atoms with E-state index >= 15 is 0 Å². The molecule has 2 N–H and O–H groups in total. The number of hydrogen-bond donors (Lipinski definition) is 1. The summed E-state index contributed by atoms with van der Waals surface area (Å²) in [7, 11) is 0. The molecule has 0 spiro atoms. The molecule has 0 saturated heterocycles. The van der Waals surface area contributed by atoms with E-state index in [4.69, 9.17) is 5.73 Å². The van der Waals surface area contributed by atoms with Crippen LogP contribution >= 0.6 is 11.3 Å². The average Bonchev–Trinajstić information content (AvgIpc) is 2.88. The van der Waals surface area contributed by atoms with E-state index in [1.807, 2.05) is 11.3 Å². The molecule has 0 saturated carbocycles. The van der Waals surface area contributed by atoms with Gasteiger partial charge in [0.25, 0.3) is 0 Å². The minimum atomic E-state index is 0.211. The fourth-order valence-electron chi connectivity index (χ4n) is 2.65. The van der Waals surface area contributed by atoms with Gasteiger partial charge < -0.3 is 10.6 Å². The summed E-state index contributed by atoms with van der Waals surface area (Å²) >= 11 is 1.82. The summed E-state index contributed by atoms with van der Waals surface area (Å²) in [5.41, 5.74) is 9.88. The first-order chi connectivity index (χ1) is 9.97. The van der Waals surface area contributed by atoms with E-state index in [0.717, 1.165) is 13.0 Å². The van der Waals surface area contributed by atoms with Crippen LogP contribution in [0.5, 0.6) is 0 Å². The molecule has 1 aromatic heterocycles. The largest absolute Gasteiger partial charge is 0.364 e. The lowest BCUT2D eigenvalue weighted by atomic mass is 10.0. The molecule has 2 nitrogen and oxygen atoms in total. The van der Waals surface area contributed by atoms with Crippen LogP contribution in [0, 0.1) is 6.92 Å². The normalized spacial score (nSPS) is 12.7. The van der Waals surface area contributed by atoms with Crippen molar-refractivity contribution in [3.63, 3.8) is 0 Å². The van der Waals surface area contributed by atoms with Crippen molar-refractivity contribution in [1.29, 1.82) is 0 Å². The number of hydrogen-bond acceptors (Lipinski definition) is 3. The lowest BCUT2D eigenvalue weighted by molar-refractivity contribution is 0.684. The van der Waals surface area contributed by atoms with Crippen LogP contribution in [-0.2, 0) is 13.0 Å². The molecule has 114 valence electrons. The lowest BCUT2D eigenvalue weighted by Crippen LogP contribution is -2.30. The molecule has 1 heterocycles. The highest BCUT2D eigenvalue weighted by molar-refractivity contribution is 7.09. The quantitative estimate of drug-likeness (QED) is 0.859. The third-order valence-corrected chi connectivity index (χ3v) is 4.52. The van der Waals surface area contributed by atoms with Gasteiger partial charge in [0.05, 0.1) is 6.54 Å². The smallest absolute Gasteiger partial charge is 0.0525 e. The van der Waals surface area contributed by atoms with Crippen LogP contribution in [0.4, 0.5) is 5.69 Å². The highest BCUT2D eigenvalue weighted by Crippen LogP contribution is 2.26. The summed E-state index contributed by atoms with van der Waals surface area (Å²) in [6.07, 6.45) is 0.938. The first-order valence-electron chi connectivity index (χ1n) is 7.61.